The highest BCUT2D eigenvalue weighted by molar-refractivity contribution is 9.10. The number of amides is 1. The van der Waals surface area contributed by atoms with E-state index in [1.807, 2.05) is 40.9 Å². The third kappa shape index (κ3) is 4.23. The average Bonchev–Trinajstić information content (AvgIpc) is 2.45. The number of rotatable bonds is 4. The summed E-state index contributed by atoms with van der Waals surface area (Å²) in [6, 6.07) is 8.24. The molecule has 1 amide bonds. The normalized spacial score (nSPS) is 16.3. The Hall–Kier alpha value is -0.520. The van der Waals surface area contributed by atoms with Crippen LogP contribution in [0.3, 0.4) is 0 Å². The second-order valence-corrected chi connectivity index (χ2v) is 6.79. The van der Waals surface area contributed by atoms with Gasteiger partial charge in [0, 0.05) is 17.1 Å². The fourth-order valence-corrected chi connectivity index (χ4v) is 3.87. The van der Waals surface area contributed by atoms with Crippen molar-refractivity contribution in [2.45, 2.75) is 25.4 Å². The number of aliphatic hydroxyl groups is 1. The number of hydrogen-bond donors (Lipinski definition) is 1. The molecule has 0 atom stereocenters. The molecule has 1 aromatic rings. The van der Waals surface area contributed by atoms with Crippen LogP contribution in [0.25, 0.3) is 0 Å². The number of nitrogens with zero attached hydrogens (tertiary/aromatic N) is 1. The number of thioether (sulfide) groups is 1. The van der Waals surface area contributed by atoms with Crippen LogP contribution in [0, 0.1) is 0 Å². The van der Waals surface area contributed by atoms with E-state index in [-0.39, 0.29) is 11.9 Å². The molecule has 104 valence electrons. The van der Waals surface area contributed by atoms with Crippen molar-refractivity contribution in [3.8, 4) is 0 Å². The number of carbonyl (C=O) groups excluding carboxylic acids is 1. The number of hydrogen-bond acceptors (Lipinski definition) is 3. The lowest BCUT2D eigenvalue weighted by molar-refractivity contribution is -0.137. The van der Waals surface area contributed by atoms with E-state index in [0.717, 1.165) is 34.4 Å². The van der Waals surface area contributed by atoms with Crippen molar-refractivity contribution < 1.29 is 9.90 Å². The van der Waals surface area contributed by atoms with Crippen molar-refractivity contribution in [1.29, 1.82) is 0 Å². The van der Waals surface area contributed by atoms with Gasteiger partial charge in [0.2, 0.25) is 5.91 Å². The standard InChI is InChI=1S/C14H18BrNO2S/c15-12-3-1-2-11(8-12)9-16(14(18)10-17)13-4-6-19-7-5-13/h1-3,8,13,17H,4-7,9-10H2. The lowest BCUT2D eigenvalue weighted by Crippen LogP contribution is -2.43. The summed E-state index contributed by atoms with van der Waals surface area (Å²) in [5.74, 6) is 2.02. The Morgan fingerprint density at radius 2 is 2.16 bits per heavy atom. The maximum Gasteiger partial charge on any atom is 0.248 e. The summed E-state index contributed by atoms with van der Waals surface area (Å²) in [7, 11) is 0. The molecule has 1 saturated heterocycles. The zero-order valence-electron chi connectivity index (χ0n) is 10.7. The number of benzene rings is 1. The van der Waals surface area contributed by atoms with E-state index in [2.05, 4.69) is 15.9 Å². The van der Waals surface area contributed by atoms with E-state index in [1.165, 1.54) is 0 Å². The lowest BCUT2D eigenvalue weighted by Gasteiger charge is -2.34. The monoisotopic (exact) mass is 343 g/mol. The molecule has 0 radical (unpaired) electrons. The van der Waals surface area contributed by atoms with Gasteiger partial charge in [0.15, 0.2) is 0 Å². The molecule has 1 fully saturated rings. The predicted molar refractivity (Wildman–Crippen MR) is 82.1 cm³/mol. The van der Waals surface area contributed by atoms with Gasteiger partial charge >= 0.3 is 0 Å². The highest BCUT2D eigenvalue weighted by Gasteiger charge is 2.25. The zero-order valence-corrected chi connectivity index (χ0v) is 13.1. The lowest BCUT2D eigenvalue weighted by atomic mass is 10.1. The molecule has 0 aliphatic carbocycles. The molecule has 19 heavy (non-hydrogen) atoms. The molecule has 0 unspecified atom stereocenters. The molecule has 0 saturated carbocycles. The van der Waals surface area contributed by atoms with Gasteiger partial charge in [0.05, 0.1) is 0 Å². The van der Waals surface area contributed by atoms with Gasteiger partial charge in [-0.15, -0.1) is 0 Å². The van der Waals surface area contributed by atoms with E-state index in [0.29, 0.717) is 6.54 Å². The molecule has 1 aliphatic heterocycles. The highest BCUT2D eigenvalue weighted by atomic mass is 79.9. The summed E-state index contributed by atoms with van der Waals surface area (Å²) < 4.78 is 1.01. The van der Waals surface area contributed by atoms with Gasteiger partial charge in [0.25, 0.3) is 0 Å². The average molecular weight is 344 g/mol. The van der Waals surface area contributed by atoms with Crippen LogP contribution in [-0.2, 0) is 11.3 Å². The van der Waals surface area contributed by atoms with Gasteiger partial charge in [-0.25, -0.2) is 0 Å². The molecule has 0 aromatic heterocycles. The van der Waals surface area contributed by atoms with Crippen LogP contribution < -0.4 is 0 Å². The molecule has 2 rings (SSSR count). The van der Waals surface area contributed by atoms with Crippen LogP contribution in [0.15, 0.2) is 28.7 Å². The second-order valence-electron chi connectivity index (χ2n) is 4.65. The first kappa shape index (κ1) is 14.9. The van der Waals surface area contributed by atoms with E-state index >= 15 is 0 Å². The Balaban J connectivity index is 2.11. The van der Waals surface area contributed by atoms with Crippen LogP contribution in [0.1, 0.15) is 18.4 Å². The third-order valence-electron chi connectivity index (χ3n) is 3.33. The summed E-state index contributed by atoms with van der Waals surface area (Å²) >= 11 is 5.38. The first-order valence-electron chi connectivity index (χ1n) is 6.43. The molecular weight excluding hydrogens is 326 g/mol. The van der Waals surface area contributed by atoms with Gasteiger partial charge in [0.1, 0.15) is 6.61 Å². The summed E-state index contributed by atoms with van der Waals surface area (Å²) in [4.78, 5) is 13.8. The fourth-order valence-electron chi connectivity index (χ4n) is 2.34. The molecule has 1 aromatic carbocycles. The Morgan fingerprint density at radius 3 is 2.79 bits per heavy atom. The van der Waals surface area contributed by atoms with Crippen molar-refractivity contribution in [1.82, 2.24) is 4.90 Å². The Bertz CT molecular complexity index is 435. The minimum atomic E-state index is -0.405. The van der Waals surface area contributed by atoms with Gasteiger partial charge in [-0.3, -0.25) is 4.79 Å². The van der Waals surface area contributed by atoms with Crippen molar-refractivity contribution in [3.63, 3.8) is 0 Å². The molecule has 3 nitrogen and oxygen atoms in total. The number of aliphatic hydroxyl groups excluding tert-OH is 1. The summed E-state index contributed by atoms with van der Waals surface area (Å²) in [5.41, 5.74) is 1.09. The SMILES string of the molecule is O=C(CO)N(Cc1cccc(Br)c1)C1CCSCC1. The number of halogens is 1. The fraction of sp³-hybridized carbons (Fsp3) is 0.500. The van der Waals surface area contributed by atoms with Crippen molar-refractivity contribution in [3.05, 3.63) is 34.3 Å². The Morgan fingerprint density at radius 1 is 1.42 bits per heavy atom. The first-order chi connectivity index (χ1) is 9.20. The van der Waals surface area contributed by atoms with Gasteiger partial charge in [-0.05, 0) is 42.0 Å². The molecular formula is C14H18BrNO2S. The molecule has 1 N–H and O–H groups in total. The highest BCUT2D eigenvalue weighted by Crippen LogP contribution is 2.24. The zero-order chi connectivity index (χ0) is 13.7. The van der Waals surface area contributed by atoms with Crippen LogP contribution >= 0.6 is 27.7 Å². The molecule has 5 heteroatoms. The topological polar surface area (TPSA) is 40.5 Å². The molecule has 1 heterocycles. The first-order valence-corrected chi connectivity index (χ1v) is 8.38. The van der Waals surface area contributed by atoms with E-state index in [9.17, 15) is 4.79 Å². The molecule has 0 bridgehead atoms. The maximum atomic E-state index is 12.0. The van der Waals surface area contributed by atoms with E-state index < -0.39 is 6.61 Å². The van der Waals surface area contributed by atoms with Crippen molar-refractivity contribution >= 4 is 33.6 Å². The van der Waals surface area contributed by atoms with Crippen LogP contribution in [0.4, 0.5) is 0 Å². The minimum absolute atomic E-state index is 0.170. The van der Waals surface area contributed by atoms with E-state index in [1.54, 1.807) is 0 Å². The molecule has 1 aliphatic rings. The Labute approximate surface area is 126 Å². The smallest absolute Gasteiger partial charge is 0.248 e. The largest absolute Gasteiger partial charge is 0.387 e. The minimum Gasteiger partial charge on any atom is -0.387 e. The second kappa shape index (κ2) is 7.31. The predicted octanol–water partition coefficient (Wildman–Crippen LogP) is 2.67. The summed E-state index contributed by atoms with van der Waals surface area (Å²) in [6.45, 7) is 0.172. The van der Waals surface area contributed by atoms with Crippen LogP contribution in [0.2, 0.25) is 0 Å². The quantitative estimate of drug-likeness (QED) is 0.913. The third-order valence-corrected chi connectivity index (χ3v) is 4.87. The number of carbonyl (C=O) groups is 1. The van der Waals surface area contributed by atoms with Crippen molar-refractivity contribution in [2.24, 2.45) is 0 Å². The summed E-state index contributed by atoms with van der Waals surface area (Å²) in [5, 5.41) is 9.16. The van der Waals surface area contributed by atoms with Crippen LogP contribution in [0.5, 0.6) is 0 Å². The Kier molecular flexibility index (Phi) is 5.73. The van der Waals surface area contributed by atoms with Crippen molar-refractivity contribution in [2.75, 3.05) is 18.1 Å². The van der Waals surface area contributed by atoms with Gasteiger partial charge in [-0.1, -0.05) is 28.1 Å². The summed E-state index contributed by atoms with van der Waals surface area (Å²) in [6.07, 6.45) is 2.04. The molecule has 0 spiro atoms. The van der Waals surface area contributed by atoms with E-state index in [4.69, 9.17) is 5.11 Å². The van der Waals surface area contributed by atoms with Gasteiger partial charge in [-0.2, -0.15) is 11.8 Å². The van der Waals surface area contributed by atoms with Gasteiger partial charge < -0.3 is 10.0 Å². The maximum absolute atomic E-state index is 12.0. The van der Waals surface area contributed by atoms with Crippen LogP contribution in [-0.4, -0.2) is 40.1 Å².